The van der Waals surface area contributed by atoms with Crippen LogP contribution in [0.25, 0.3) is 5.57 Å². The molecule has 0 spiro atoms. The first kappa shape index (κ1) is 14.5. The van der Waals surface area contributed by atoms with Crippen LogP contribution in [-0.2, 0) is 4.79 Å². The van der Waals surface area contributed by atoms with Gasteiger partial charge in [-0.3, -0.25) is 4.79 Å². The van der Waals surface area contributed by atoms with E-state index >= 15 is 0 Å². The molecule has 1 amide bonds. The van der Waals surface area contributed by atoms with Crippen molar-refractivity contribution < 1.29 is 4.79 Å². The standard InChI is InChI=1S/C15H22N2O/c1-3-10-17-15(18)9-11-16-12-13(2)14-7-5-4-6-8-14/h4-8,16H,2-3,9-12H2,1H3,(H,17,18). The lowest BCUT2D eigenvalue weighted by Crippen LogP contribution is -2.28. The van der Waals surface area contributed by atoms with E-state index in [0.29, 0.717) is 19.5 Å². The number of benzene rings is 1. The molecule has 0 heterocycles. The Morgan fingerprint density at radius 2 is 1.94 bits per heavy atom. The summed E-state index contributed by atoms with van der Waals surface area (Å²) in [6.07, 6.45) is 1.49. The maximum atomic E-state index is 11.3. The van der Waals surface area contributed by atoms with Crippen LogP contribution in [-0.4, -0.2) is 25.5 Å². The largest absolute Gasteiger partial charge is 0.356 e. The van der Waals surface area contributed by atoms with E-state index in [4.69, 9.17) is 0 Å². The fraction of sp³-hybridized carbons (Fsp3) is 0.400. The van der Waals surface area contributed by atoms with Crippen molar-refractivity contribution in [2.24, 2.45) is 0 Å². The summed E-state index contributed by atoms with van der Waals surface area (Å²) in [7, 11) is 0. The third-order valence-electron chi connectivity index (χ3n) is 2.62. The lowest BCUT2D eigenvalue weighted by molar-refractivity contribution is -0.120. The minimum atomic E-state index is 0.106. The van der Waals surface area contributed by atoms with Gasteiger partial charge in [-0.05, 0) is 17.6 Å². The molecule has 98 valence electrons. The first-order valence-corrected chi connectivity index (χ1v) is 6.44. The molecule has 0 unspecified atom stereocenters. The summed E-state index contributed by atoms with van der Waals surface area (Å²) in [6.45, 7) is 8.23. The summed E-state index contributed by atoms with van der Waals surface area (Å²) >= 11 is 0. The molecule has 18 heavy (non-hydrogen) atoms. The topological polar surface area (TPSA) is 41.1 Å². The van der Waals surface area contributed by atoms with E-state index in [1.165, 1.54) is 0 Å². The van der Waals surface area contributed by atoms with Crippen LogP contribution >= 0.6 is 0 Å². The average molecular weight is 246 g/mol. The molecule has 0 bridgehead atoms. The van der Waals surface area contributed by atoms with Crippen molar-refractivity contribution in [2.45, 2.75) is 19.8 Å². The van der Waals surface area contributed by atoms with Crippen LogP contribution < -0.4 is 10.6 Å². The molecule has 3 nitrogen and oxygen atoms in total. The van der Waals surface area contributed by atoms with Crippen LogP contribution in [0, 0.1) is 0 Å². The second kappa shape index (κ2) is 8.48. The Hall–Kier alpha value is -1.61. The number of nitrogens with one attached hydrogen (secondary N) is 2. The van der Waals surface area contributed by atoms with Crippen LogP contribution in [0.5, 0.6) is 0 Å². The van der Waals surface area contributed by atoms with Crippen molar-refractivity contribution in [1.82, 2.24) is 10.6 Å². The Morgan fingerprint density at radius 1 is 1.22 bits per heavy atom. The van der Waals surface area contributed by atoms with Crippen molar-refractivity contribution in [3.63, 3.8) is 0 Å². The van der Waals surface area contributed by atoms with Gasteiger partial charge in [0, 0.05) is 26.1 Å². The fourth-order valence-corrected chi connectivity index (χ4v) is 1.57. The summed E-state index contributed by atoms with van der Waals surface area (Å²) in [6, 6.07) is 10.1. The third kappa shape index (κ3) is 5.64. The zero-order chi connectivity index (χ0) is 13.2. The van der Waals surface area contributed by atoms with Gasteiger partial charge in [0.05, 0.1) is 0 Å². The average Bonchev–Trinajstić information content (AvgIpc) is 2.42. The highest BCUT2D eigenvalue weighted by atomic mass is 16.1. The molecule has 0 saturated heterocycles. The molecule has 0 atom stereocenters. The molecule has 1 aromatic carbocycles. The highest BCUT2D eigenvalue weighted by Crippen LogP contribution is 2.09. The van der Waals surface area contributed by atoms with Gasteiger partial charge < -0.3 is 10.6 Å². The van der Waals surface area contributed by atoms with E-state index < -0.39 is 0 Å². The van der Waals surface area contributed by atoms with Gasteiger partial charge in [-0.1, -0.05) is 43.8 Å². The van der Waals surface area contributed by atoms with Gasteiger partial charge in [0.2, 0.25) is 5.91 Å². The number of carbonyl (C=O) groups excluding carboxylic acids is 1. The Kier molecular flexibility index (Phi) is 6.81. The van der Waals surface area contributed by atoms with Crippen LogP contribution in [0.3, 0.4) is 0 Å². The second-order valence-corrected chi connectivity index (χ2v) is 4.25. The zero-order valence-corrected chi connectivity index (χ0v) is 11.0. The molecule has 1 aromatic rings. The molecule has 0 aliphatic heterocycles. The summed E-state index contributed by atoms with van der Waals surface area (Å²) < 4.78 is 0. The maximum absolute atomic E-state index is 11.3. The van der Waals surface area contributed by atoms with Gasteiger partial charge in [-0.2, -0.15) is 0 Å². The summed E-state index contributed by atoms with van der Waals surface area (Å²) in [5.74, 6) is 0.106. The lowest BCUT2D eigenvalue weighted by Gasteiger charge is -2.08. The van der Waals surface area contributed by atoms with Gasteiger partial charge in [-0.25, -0.2) is 0 Å². The van der Waals surface area contributed by atoms with Crippen molar-refractivity contribution in [2.75, 3.05) is 19.6 Å². The zero-order valence-electron chi connectivity index (χ0n) is 11.0. The molecule has 1 rings (SSSR count). The highest BCUT2D eigenvalue weighted by Gasteiger charge is 2.00. The molecule has 0 aromatic heterocycles. The molecular weight excluding hydrogens is 224 g/mol. The number of amides is 1. The van der Waals surface area contributed by atoms with Crippen molar-refractivity contribution in [3.8, 4) is 0 Å². The van der Waals surface area contributed by atoms with E-state index in [2.05, 4.69) is 17.2 Å². The fourth-order valence-electron chi connectivity index (χ4n) is 1.57. The van der Waals surface area contributed by atoms with Crippen LogP contribution in [0.4, 0.5) is 0 Å². The van der Waals surface area contributed by atoms with Crippen molar-refractivity contribution in [3.05, 3.63) is 42.5 Å². The minimum Gasteiger partial charge on any atom is -0.356 e. The predicted molar refractivity (Wildman–Crippen MR) is 76.3 cm³/mol. The normalized spacial score (nSPS) is 10.1. The SMILES string of the molecule is C=C(CNCCC(=O)NCCC)c1ccccc1. The van der Waals surface area contributed by atoms with Crippen LogP contribution in [0.1, 0.15) is 25.3 Å². The predicted octanol–water partition coefficient (Wildman–Crippen LogP) is 2.21. The first-order chi connectivity index (χ1) is 8.74. The van der Waals surface area contributed by atoms with Crippen LogP contribution in [0.15, 0.2) is 36.9 Å². The quantitative estimate of drug-likeness (QED) is 0.690. The Morgan fingerprint density at radius 3 is 2.61 bits per heavy atom. The molecule has 2 N–H and O–H groups in total. The van der Waals surface area contributed by atoms with Crippen molar-refractivity contribution in [1.29, 1.82) is 0 Å². The molecule has 0 fully saturated rings. The Bertz CT molecular complexity index is 373. The monoisotopic (exact) mass is 246 g/mol. The summed E-state index contributed by atoms with van der Waals surface area (Å²) in [4.78, 5) is 11.3. The smallest absolute Gasteiger partial charge is 0.221 e. The minimum absolute atomic E-state index is 0.106. The highest BCUT2D eigenvalue weighted by molar-refractivity contribution is 5.76. The second-order valence-electron chi connectivity index (χ2n) is 4.25. The van der Waals surface area contributed by atoms with Crippen LogP contribution in [0.2, 0.25) is 0 Å². The number of hydrogen-bond donors (Lipinski definition) is 2. The number of carbonyl (C=O) groups is 1. The number of rotatable bonds is 8. The summed E-state index contributed by atoms with van der Waals surface area (Å²) in [5.41, 5.74) is 2.19. The third-order valence-corrected chi connectivity index (χ3v) is 2.62. The molecular formula is C15H22N2O. The van der Waals surface area contributed by atoms with E-state index in [9.17, 15) is 4.79 Å². The van der Waals surface area contributed by atoms with E-state index in [1.54, 1.807) is 0 Å². The van der Waals surface area contributed by atoms with Gasteiger partial charge >= 0.3 is 0 Å². The van der Waals surface area contributed by atoms with E-state index in [1.807, 2.05) is 37.3 Å². The molecule has 0 saturated carbocycles. The lowest BCUT2D eigenvalue weighted by atomic mass is 10.1. The van der Waals surface area contributed by atoms with Crippen molar-refractivity contribution >= 4 is 11.5 Å². The number of hydrogen-bond acceptors (Lipinski definition) is 2. The van der Waals surface area contributed by atoms with Gasteiger partial charge in [0.15, 0.2) is 0 Å². The van der Waals surface area contributed by atoms with Gasteiger partial charge in [0.1, 0.15) is 0 Å². The van der Waals surface area contributed by atoms with E-state index in [0.717, 1.165) is 24.1 Å². The van der Waals surface area contributed by atoms with E-state index in [-0.39, 0.29) is 5.91 Å². The molecule has 0 aliphatic carbocycles. The maximum Gasteiger partial charge on any atom is 0.221 e. The first-order valence-electron chi connectivity index (χ1n) is 6.44. The molecule has 0 aliphatic rings. The summed E-state index contributed by atoms with van der Waals surface area (Å²) in [5, 5.41) is 6.08. The Labute approximate surface area is 109 Å². The van der Waals surface area contributed by atoms with Gasteiger partial charge in [0.25, 0.3) is 0 Å². The molecule has 0 radical (unpaired) electrons. The van der Waals surface area contributed by atoms with Gasteiger partial charge in [-0.15, -0.1) is 0 Å². The Balaban J connectivity index is 2.15. The molecule has 3 heteroatoms.